The van der Waals surface area contributed by atoms with Crippen LogP contribution in [-0.2, 0) is 0 Å². The molecule has 2 heterocycles. The van der Waals surface area contributed by atoms with Crippen molar-refractivity contribution in [3.8, 4) is 11.4 Å². The average molecular weight is 317 g/mol. The Morgan fingerprint density at radius 1 is 1.04 bits per heavy atom. The number of fused-ring (bicyclic) bond motifs is 1. The van der Waals surface area contributed by atoms with E-state index in [4.69, 9.17) is 5.73 Å². The number of nitrogen functional groups attached to an aromatic ring is 1. The normalized spacial score (nSPS) is 10.8. The third kappa shape index (κ3) is 2.50. The van der Waals surface area contributed by atoms with Gasteiger partial charge in [-0.25, -0.2) is 0 Å². The number of nitrogens with two attached hydrogens (primary N) is 1. The molecule has 6 heteroatoms. The smallest absolute Gasteiger partial charge is 0.255 e. The summed E-state index contributed by atoms with van der Waals surface area (Å²) in [5, 5.41) is 10.7. The number of aromatic amines is 2. The van der Waals surface area contributed by atoms with Gasteiger partial charge in [-0.3, -0.25) is 9.89 Å². The Kier molecular flexibility index (Phi) is 3.28. The molecule has 0 saturated heterocycles. The molecule has 0 radical (unpaired) electrons. The van der Waals surface area contributed by atoms with Crippen LogP contribution in [0.3, 0.4) is 0 Å². The molecule has 0 unspecified atom stereocenters. The maximum atomic E-state index is 12.5. The molecule has 0 aliphatic heterocycles. The van der Waals surface area contributed by atoms with Crippen LogP contribution in [0, 0.1) is 0 Å². The number of nitrogens with one attached hydrogen (secondary N) is 3. The Balaban J connectivity index is 1.65. The summed E-state index contributed by atoms with van der Waals surface area (Å²) in [6, 6.07) is 16.6. The van der Waals surface area contributed by atoms with E-state index in [0.717, 1.165) is 22.3 Å². The van der Waals surface area contributed by atoms with Crippen molar-refractivity contribution < 1.29 is 4.79 Å². The molecular formula is C18H15N5O. The van der Waals surface area contributed by atoms with Crippen molar-refractivity contribution in [1.29, 1.82) is 0 Å². The fraction of sp³-hybridized carbons (Fsp3) is 0. The van der Waals surface area contributed by atoms with Crippen molar-refractivity contribution in [2.45, 2.75) is 0 Å². The minimum Gasteiger partial charge on any atom is -0.397 e. The van der Waals surface area contributed by atoms with Crippen molar-refractivity contribution in [2.24, 2.45) is 0 Å². The highest BCUT2D eigenvalue weighted by Crippen LogP contribution is 2.24. The van der Waals surface area contributed by atoms with Crippen molar-refractivity contribution >= 4 is 28.2 Å². The predicted molar refractivity (Wildman–Crippen MR) is 94.7 cm³/mol. The zero-order valence-corrected chi connectivity index (χ0v) is 12.7. The first kappa shape index (κ1) is 14.1. The second-order valence-electron chi connectivity index (χ2n) is 5.50. The largest absolute Gasteiger partial charge is 0.397 e. The quantitative estimate of drug-likeness (QED) is 0.436. The van der Waals surface area contributed by atoms with Crippen LogP contribution in [0.4, 0.5) is 11.4 Å². The fourth-order valence-electron chi connectivity index (χ4n) is 2.63. The molecule has 24 heavy (non-hydrogen) atoms. The van der Waals surface area contributed by atoms with Gasteiger partial charge in [0.1, 0.15) is 0 Å². The van der Waals surface area contributed by atoms with E-state index in [9.17, 15) is 4.79 Å². The Hall–Kier alpha value is -3.54. The van der Waals surface area contributed by atoms with E-state index in [1.807, 2.05) is 36.4 Å². The highest BCUT2D eigenvalue weighted by atomic mass is 16.1. The molecule has 0 spiro atoms. The molecule has 118 valence electrons. The molecular weight excluding hydrogens is 302 g/mol. The molecule has 1 amide bonds. The number of rotatable bonds is 3. The lowest BCUT2D eigenvalue weighted by molar-refractivity contribution is 0.102. The summed E-state index contributed by atoms with van der Waals surface area (Å²) >= 11 is 0. The molecule has 6 nitrogen and oxygen atoms in total. The zero-order chi connectivity index (χ0) is 16.5. The Morgan fingerprint density at radius 3 is 2.71 bits per heavy atom. The topological polar surface area (TPSA) is 99.6 Å². The van der Waals surface area contributed by atoms with E-state index in [-0.39, 0.29) is 5.91 Å². The van der Waals surface area contributed by atoms with Crippen molar-refractivity contribution in [2.75, 3.05) is 11.1 Å². The summed E-state index contributed by atoms with van der Waals surface area (Å²) in [7, 11) is 0. The number of amides is 1. The van der Waals surface area contributed by atoms with E-state index in [2.05, 4.69) is 20.5 Å². The van der Waals surface area contributed by atoms with Crippen LogP contribution in [0.1, 0.15) is 10.4 Å². The highest BCUT2D eigenvalue weighted by molar-refractivity contribution is 6.07. The molecule has 5 N–H and O–H groups in total. The van der Waals surface area contributed by atoms with Crippen LogP contribution >= 0.6 is 0 Å². The van der Waals surface area contributed by atoms with Crippen LogP contribution in [0.15, 0.2) is 60.8 Å². The van der Waals surface area contributed by atoms with E-state index in [1.165, 1.54) is 0 Å². The second kappa shape index (κ2) is 5.58. The average Bonchev–Trinajstić information content (AvgIpc) is 3.25. The molecule has 4 rings (SSSR count). The number of hydrogen-bond acceptors (Lipinski definition) is 3. The Morgan fingerprint density at radius 2 is 1.92 bits per heavy atom. The summed E-state index contributed by atoms with van der Waals surface area (Å²) in [5.74, 6) is -0.195. The van der Waals surface area contributed by atoms with Gasteiger partial charge in [0.25, 0.3) is 5.91 Å². The third-order valence-electron chi connectivity index (χ3n) is 3.88. The van der Waals surface area contributed by atoms with E-state index in [0.29, 0.717) is 16.9 Å². The maximum Gasteiger partial charge on any atom is 0.255 e. The van der Waals surface area contributed by atoms with Crippen molar-refractivity contribution in [1.82, 2.24) is 15.2 Å². The Bertz CT molecular complexity index is 1020. The van der Waals surface area contributed by atoms with Gasteiger partial charge in [0.15, 0.2) is 0 Å². The zero-order valence-electron chi connectivity index (χ0n) is 12.7. The van der Waals surface area contributed by atoms with Crippen LogP contribution in [0.2, 0.25) is 0 Å². The molecule has 4 aromatic rings. The summed E-state index contributed by atoms with van der Waals surface area (Å²) in [6.07, 6.45) is 1.70. The lowest BCUT2D eigenvalue weighted by atomic mass is 10.1. The van der Waals surface area contributed by atoms with Gasteiger partial charge in [-0.15, -0.1) is 0 Å². The SMILES string of the molecule is Nc1ccccc1NC(=O)c1ccc2[nH]c(-c3ccn[nH]3)cc2c1. The monoisotopic (exact) mass is 317 g/mol. The number of carbonyl (C=O) groups is 1. The minimum absolute atomic E-state index is 0.195. The standard InChI is InChI=1S/C18H15N5O/c19-13-3-1-2-4-15(13)22-18(24)11-5-6-14-12(9-11)10-17(21-14)16-7-8-20-23-16/h1-10,21H,19H2,(H,20,23)(H,22,24). The molecule has 0 aliphatic rings. The first-order valence-electron chi connectivity index (χ1n) is 7.49. The molecule has 0 saturated carbocycles. The van der Waals surface area contributed by atoms with Crippen LogP contribution in [0.5, 0.6) is 0 Å². The summed E-state index contributed by atoms with van der Waals surface area (Å²) in [4.78, 5) is 15.8. The molecule has 0 atom stereocenters. The molecule has 0 fully saturated rings. The summed E-state index contributed by atoms with van der Waals surface area (Å²) in [5.41, 5.74) is 10.4. The lowest BCUT2D eigenvalue weighted by Gasteiger charge is -2.07. The van der Waals surface area contributed by atoms with Crippen LogP contribution < -0.4 is 11.1 Å². The van der Waals surface area contributed by atoms with E-state index >= 15 is 0 Å². The van der Waals surface area contributed by atoms with Crippen molar-refractivity contribution in [3.05, 3.63) is 66.4 Å². The van der Waals surface area contributed by atoms with Gasteiger partial charge in [-0.05, 0) is 42.5 Å². The number of nitrogens with zero attached hydrogens (tertiary/aromatic N) is 1. The molecule has 0 aliphatic carbocycles. The molecule has 2 aromatic carbocycles. The minimum atomic E-state index is -0.195. The first-order chi connectivity index (χ1) is 11.7. The predicted octanol–water partition coefficient (Wildman–Crippen LogP) is 3.39. The van der Waals surface area contributed by atoms with Gasteiger partial charge in [-0.1, -0.05) is 12.1 Å². The lowest BCUT2D eigenvalue weighted by Crippen LogP contribution is -2.12. The van der Waals surface area contributed by atoms with Crippen LogP contribution in [-0.4, -0.2) is 21.1 Å². The third-order valence-corrected chi connectivity index (χ3v) is 3.88. The van der Waals surface area contributed by atoms with E-state index in [1.54, 1.807) is 24.4 Å². The number of hydrogen-bond donors (Lipinski definition) is 4. The second-order valence-corrected chi connectivity index (χ2v) is 5.50. The number of H-pyrrole nitrogens is 2. The van der Waals surface area contributed by atoms with Crippen LogP contribution in [0.25, 0.3) is 22.3 Å². The van der Waals surface area contributed by atoms with E-state index < -0.39 is 0 Å². The van der Waals surface area contributed by atoms with Gasteiger partial charge in [0, 0.05) is 22.7 Å². The van der Waals surface area contributed by atoms with Gasteiger partial charge >= 0.3 is 0 Å². The maximum absolute atomic E-state index is 12.5. The van der Waals surface area contributed by atoms with Gasteiger partial charge in [0.05, 0.1) is 22.8 Å². The molecule has 2 aromatic heterocycles. The van der Waals surface area contributed by atoms with Gasteiger partial charge in [-0.2, -0.15) is 5.10 Å². The number of anilines is 2. The fourth-order valence-corrected chi connectivity index (χ4v) is 2.63. The number of carbonyl (C=O) groups excluding carboxylic acids is 1. The Labute approximate surface area is 137 Å². The summed E-state index contributed by atoms with van der Waals surface area (Å²) < 4.78 is 0. The van der Waals surface area contributed by atoms with Gasteiger partial charge in [0.2, 0.25) is 0 Å². The summed E-state index contributed by atoms with van der Waals surface area (Å²) in [6.45, 7) is 0. The first-order valence-corrected chi connectivity index (χ1v) is 7.49. The number of benzene rings is 2. The number of aromatic nitrogens is 3. The number of para-hydroxylation sites is 2. The highest BCUT2D eigenvalue weighted by Gasteiger charge is 2.10. The van der Waals surface area contributed by atoms with Gasteiger partial charge < -0.3 is 16.0 Å². The molecule has 0 bridgehead atoms. The van der Waals surface area contributed by atoms with Crippen molar-refractivity contribution in [3.63, 3.8) is 0 Å².